The summed E-state index contributed by atoms with van der Waals surface area (Å²) in [5.74, 6) is 0. The molecule has 33 heavy (non-hydrogen) atoms. The van der Waals surface area contributed by atoms with Crippen molar-refractivity contribution in [1.29, 1.82) is 5.26 Å². The third kappa shape index (κ3) is 5.47. The Hall–Kier alpha value is -3.08. The van der Waals surface area contributed by atoms with Crippen molar-refractivity contribution in [3.8, 4) is 6.07 Å². The van der Waals surface area contributed by atoms with Crippen LogP contribution < -0.4 is 15.5 Å². The van der Waals surface area contributed by atoms with Gasteiger partial charge in [-0.25, -0.2) is 4.79 Å². The molecular weight excluding hydrogens is 414 g/mol. The number of hydrogen-bond donors (Lipinski definition) is 1. The number of hydrogen-bond acceptors (Lipinski definition) is 6. The van der Waals surface area contributed by atoms with Gasteiger partial charge >= 0.3 is 6.09 Å². The summed E-state index contributed by atoms with van der Waals surface area (Å²) in [6, 6.07) is 19.2. The molecule has 1 atom stereocenters. The van der Waals surface area contributed by atoms with Gasteiger partial charge in [0.2, 0.25) is 0 Å². The van der Waals surface area contributed by atoms with Crippen LogP contribution in [0.3, 0.4) is 0 Å². The molecule has 2 heterocycles. The number of anilines is 2. The smallest absolute Gasteiger partial charge is 0.414 e. The number of benzene rings is 2. The van der Waals surface area contributed by atoms with Crippen molar-refractivity contribution in [3.05, 3.63) is 59.7 Å². The predicted octanol–water partition coefficient (Wildman–Crippen LogP) is 3.72. The summed E-state index contributed by atoms with van der Waals surface area (Å²) in [5.41, 5.74) is 9.57. The Morgan fingerprint density at radius 3 is 2.58 bits per heavy atom. The van der Waals surface area contributed by atoms with E-state index in [4.69, 9.17) is 10.5 Å². The summed E-state index contributed by atoms with van der Waals surface area (Å²) >= 11 is 0. The van der Waals surface area contributed by atoms with Gasteiger partial charge in [-0.1, -0.05) is 12.1 Å². The topological polar surface area (TPSA) is 85.8 Å². The Balaban J connectivity index is 1.54. The molecule has 2 fully saturated rings. The van der Waals surface area contributed by atoms with Gasteiger partial charge in [-0.05, 0) is 74.7 Å². The molecule has 174 valence electrons. The summed E-state index contributed by atoms with van der Waals surface area (Å²) < 4.78 is 5.08. The van der Waals surface area contributed by atoms with Gasteiger partial charge in [0.25, 0.3) is 0 Å². The Labute approximate surface area is 196 Å². The second kappa shape index (κ2) is 10.7. The lowest BCUT2D eigenvalue weighted by Crippen LogP contribution is -2.47. The molecule has 0 radical (unpaired) electrons. The van der Waals surface area contributed by atoms with Gasteiger partial charge in [0.15, 0.2) is 0 Å². The molecule has 0 bridgehead atoms. The van der Waals surface area contributed by atoms with Crippen molar-refractivity contribution >= 4 is 17.5 Å². The second-order valence-corrected chi connectivity index (χ2v) is 8.92. The van der Waals surface area contributed by atoms with E-state index in [2.05, 4.69) is 41.0 Å². The van der Waals surface area contributed by atoms with Gasteiger partial charge in [0.1, 0.15) is 6.61 Å². The zero-order valence-corrected chi connectivity index (χ0v) is 19.3. The van der Waals surface area contributed by atoms with Crippen LogP contribution in [-0.2, 0) is 11.3 Å². The van der Waals surface area contributed by atoms with Crippen LogP contribution in [0.5, 0.6) is 0 Å². The highest BCUT2D eigenvalue weighted by atomic mass is 16.6. The van der Waals surface area contributed by atoms with E-state index in [0.29, 0.717) is 30.8 Å². The van der Waals surface area contributed by atoms with Gasteiger partial charge in [-0.15, -0.1) is 0 Å². The number of piperidine rings is 1. The third-order valence-corrected chi connectivity index (χ3v) is 6.81. The molecule has 0 aliphatic carbocycles. The van der Waals surface area contributed by atoms with Crippen LogP contribution in [0.2, 0.25) is 0 Å². The average Bonchev–Trinajstić information content (AvgIpc) is 3.29. The number of ether oxygens (including phenoxy) is 1. The monoisotopic (exact) mass is 447 g/mol. The normalized spacial score (nSPS) is 18.1. The maximum Gasteiger partial charge on any atom is 0.414 e. The highest BCUT2D eigenvalue weighted by molar-refractivity contribution is 5.89. The van der Waals surface area contributed by atoms with Crippen molar-refractivity contribution in [2.45, 2.75) is 44.8 Å². The van der Waals surface area contributed by atoms with E-state index in [-0.39, 0.29) is 6.09 Å². The summed E-state index contributed by atoms with van der Waals surface area (Å²) in [7, 11) is 0. The van der Waals surface area contributed by atoms with Crippen LogP contribution in [0.15, 0.2) is 48.5 Å². The van der Waals surface area contributed by atoms with Crippen LogP contribution in [0.1, 0.15) is 37.3 Å². The van der Waals surface area contributed by atoms with Gasteiger partial charge in [-0.3, -0.25) is 4.90 Å². The minimum Gasteiger partial charge on any atom is -0.447 e. The number of rotatable bonds is 8. The fourth-order valence-electron chi connectivity index (χ4n) is 4.88. The van der Waals surface area contributed by atoms with Crippen molar-refractivity contribution in [3.63, 3.8) is 0 Å². The van der Waals surface area contributed by atoms with E-state index >= 15 is 0 Å². The van der Waals surface area contributed by atoms with E-state index in [9.17, 15) is 10.1 Å². The predicted molar refractivity (Wildman–Crippen MR) is 130 cm³/mol. The van der Waals surface area contributed by atoms with Crippen molar-refractivity contribution < 1.29 is 9.53 Å². The van der Waals surface area contributed by atoms with Crippen LogP contribution in [0.25, 0.3) is 0 Å². The summed E-state index contributed by atoms with van der Waals surface area (Å²) in [6.07, 6.45) is 2.89. The molecule has 7 heteroatoms. The molecule has 1 amide bonds. The molecule has 7 nitrogen and oxygen atoms in total. The van der Waals surface area contributed by atoms with Gasteiger partial charge in [-0.2, -0.15) is 5.26 Å². The highest BCUT2D eigenvalue weighted by Gasteiger charge is 2.28. The lowest BCUT2D eigenvalue weighted by Gasteiger charge is -2.42. The number of carbonyl (C=O) groups excluding carboxylic acids is 1. The maximum absolute atomic E-state index is 11.9. The van der Waals surface area contributed by atoms with Gasteiger partial charge in [0.05, 0.1) is 18.2 Å². The van der Waals surface area contributed by atoms with Crippen LogP contribution in [0, 0.1) is 11.3 Å². The van der Waals surface area contributed by atoms with E-state index in [1.54, 1.807) is 4.90 Å². The Kier molecular flexibility index (Phi) is 7.48. The van der Waals surface area contributed by atoms with Crippen molar-refractivity contribution in [1.82, 2.24) is 4.90 Å². The fraction of sp³-hybridized carbons (Fsp3) is 0.462. The molecule has 0 saturated carbocycles. The number of amides is 1. The second-order valence-electron chi connectivity index (χ2n) is 8.92. The van der Waals surface area contributed by atoms with E-state index in [1.807, 2.05) is 30.3 Å². The van der Waals surface area contributed by atoms with Crippen LogP contribution in [0.4, 0.5) is 16.2 Å². The summed E-state index contributed by atoms with van der Waals surface area (Å²) in [5, 5.41) is 9.32. The molecule has 2 N–H and O–H groups in total. The standard InChI is InChI=1S/C26H33N5O2/c1-20(9-12-27)29-13-10-25(11-14-29)31(19-22-4-2-3-21(17-22)18-28)24-7-5-23(6-8-24)30-15-16-33-26(30)32/h2-8,17,20,25H,9-16,19,27H2,1H3. The van der Waals surface area contributed by atoms with E-state index in [1.165, 1.54) is 0 Å². The highest BCUT2D eigenvalue weighted by Crippen LogP contribution is 2.29. The Morgan fingerprint density at radius 1 is 1.18 bits per heavy atom. The minimum atomic E-state index is -0.285. The number of nitrogens with zero attached hydrogens (tertiary/aromatic N) is 4. The Bertz CT molecular complexity index is 979. The largest absolute Gasteiger partial charge is 0.447 e. The lowest BCUT2D eigenvalue weighted by atomic mass is 9.99. The van der Waals surface area contributed by atoms with Crippen molar-refractivity contribution in [2.24, 2.45) is 5.73 Å². The molecule has 1 unspecified atom stereocenters. The quantitative estimate of drug-likeness (QED) is 0.664. The molecule has 0 aromatic heterocycles. The third-order valence-electron chi connectivity index (χ3n) is 6.81. The fourth-order valence-corrected chi connectivity index (χ4v) is 4.88. The molecule has 2 aromatic rings. The van der Waals surface area contributed by atoms with E-state index < -0.39 is 0 Å². The Morgan fingerprint density at radius 2 is 1.94 bits per heavy atom. The lowest BCUT2D eigenvalue weighted by molar-refractivity contribution is 0.154. The molecule has 2 aromatic carbocycles. The SMILES string of the molecule is CC(CCN)N1CCC(N(Cc2cccc(C#N)c2)c2ccc(N3CCOC3=O)cc2)CC1. The molecule has 2 saturated heterocycles. The van der Waals surface area contributed by atoms with Gasteiger partial charge in [0, 0.05) is 43.1 Å². The first-order chi connectivity index (χ1) is 16.1. The first-order valence-electron chi connectivity index (χ1n) is 11.8. The first kappa shape index (κ1) is 23.1. The zero-order chi connectivity index (χ0) is 23.2. The molecule has 2 aliphatic rings. The summed E-state index contributed by atoms with van der Waals surface area (Å²) in [6.45, 7) is 6.85. The number of cyclic esters (lactones) is 1. The number of nitrogens with two attached hydrogens (primary N) is 1. The first-order valence-corrected chi connectivity index (χ1v) is 11.8. The molecule has 2 aliphatic heterocycles. The molecule has 0 spiro atoms. The summed E-state index contributed by atoms with van der Waals surface area (Å²) in [4.78, 5) is 18.6. The van der Waals surface area contributed by atoms with E-state index in [0.717, 1.165) is 62.4 Å². The molecule has 4 rings (SSSR count). The number of carbonyl (C=O) groups is 1. The maximum atomic E-state index is 11.9. The number of nitriles is 1. The van der Waals surface area contributed by atoms with Crippen LogP contribution in [-0.4, -0.2) is 55.9 Å². The average molecular weight is 448 g/mol. The number of likely N-dealkylation sites (tertiary alicyclic amines) is 1. The molecular formula is C26H33N5O2. The van der Waals surface area contributed by atoms with Gasteiger partial charge < -0.3 is 20.3 Å². The zero-order valence-electron chi connectivity index (χ0n) is 19.3. The minimum absolute atomic E-state index is 0.285. The van der Waals surface area contributed by atoms with Crippen LogP contribution >= 0.6 is 0 Å². The van der Waals surface area contributed by atoms with Crippen molar-refractivity contribution in [2.75, 3.05) is 42.6 Å².